The summed E-state index contributed by atoms with van der Waals surface area (Å²) in [7, 11) is 0. The van der Waals surface area contributed by atoms with Crippen LogP contribution in [0.5, 0.6) is 0 Å². The number of aryl methyl sites for hydroxylation is 2. The molecule has 0 fully saturated rings. The number of rotatable bonds is 5. The Bertz CT molecular complexity index is 548. The lowest BCUT2D eigenvalue weighted by Gasteiger charge is -2.21. The summed E-state index contributed by atoms with van der Waals surface area (Å²) < 4.78 is 3.34. The Morgan fingerprint density at radius 2 is 2.16 bits per heavy atom. The van der Waals surface area contributed by atoms with E-state index in [1.807, 2.05) is 12.4 Å². The normalized spacial score (nSPS) is 12.6. The monoisotopic (exact) mass is 321 g/mol. The second-order valence-corrected chi connectivity index (χ2v) is 5.33. The predicted molar refractivity (Wildman–Crippen MR) is 82.3 cm³/mol. The highest BCUT2D eigenvalue weighted by Crippen LogP contribution is 2.30. The van der Waals surface area contributed by atoms with Crippen LogP contribution in [0.2, 0.25) is 0 Å². The third kappa shape index (κ3) is 2.90. The van der Waals surface area contributed by atoms with Crippen molar-refractivity contribution in [1.82, 2.24) is 14.9 Å². The third-order valence-corrected chi connectivity index (χ3v) is 4.37. The minimum atomic E-state index is 0.120. The van der Waals surface area contributed by atoms with E-state index in [1.165, 1.54) is 11.1 Å². The summed E-state index contributed by atoms with van der Waals surface area (Å²) >= 11 is 3.71. The maximum Gasteiger partial charge on any atom is 0.130 e. The Labute approximate surface area is 123 Å². The SMILES string of the molecule is CCNC(c1cccc(C)c1Br)c1nccn1CC. The highest BCUT2D eigenvalue weighted by molar-refractivity contribution is 9.10. The van der Waals surface area contributed by atoms with Gasteiger partial charge >= 0.3 is 0 Å². The zero-order chi connectivity index (χ0) is 13.8. The van der Waals surface area contributed by atoms with Gasteiger partial charge in [-0.05, 0) is 31.5 Å². The zero-order valence-corrected chi connectivity index (χ0v) is 13.2. The third-order valence-electron chi connectivity index (χ3n) is 3.29. The average Bonchev–Trinajstić information content (AvgIpc) is 2.88. The van der Waals surface area contributed by atoms with Crippen molar-refractivity contribution in [3.8, 4) is 0 Å². The summed E-state index contributed by atoms with van der Waals surface area (Å²) in [6.45, 7) is 8.21. The quantitative estimate of drug-likeness (QED) is 0.910. The Kier molecular flexibility index (Phi) is 4.77. The van der Waals surface area contributed by atoms with Gasteiger partial charge in [-0.1, -0.05) is 41.1 Å². The van der Waals surface area contributed by atoms with Gasteiger partial charge in [0, 0.05) is 23.4 Å². The fourth-order valence-electron chi connectivity index (χ4n) is 2.29. The smallest absolute Gasteiger partial charge is 0.130 e. The molecule has 0 aliphatic carbocycles. The zero-order valence-electron chi connectivity index (χ0n) is 11.7. The molecule has 1 atom stereocenters. The Morgan fingerprint density at radius 3 is 2.84 bits per heavy atom. The van der Waals surface area contributed by atoms with E-state index in [2.05, 4.69) is 69.8 Å². The molecule has 0 aliphatic heterocycles. The molecule has 1 aromatic heterocycles. The van der Waals surface area contributed by atoms with Gasteiger partial charge in [-0.15, -0.1) is 0 Å². The second kappa shape index (κ2) is 6.35. The molecular weight excluding hydrogens is 302 g/mol. The van der Waals surface area contributed by atoms with Gasteiger partial charge in [-0.25, -0.2) is 4.98 Å². The molecule has 0 saturated heterocycles. The molecule has 0 radical (unpaired) electrons. The van der Waals surface area contributed by atoms with Crippen molar-refractivity contribution < 1.29 is 0 Å². The highest BCUT2D eigenvalue weighted by atomic mass is 79.9. The molecular formula is C15H20BrN3. The van der Waals surface area contributed by atoms with E-state index < -0.39 is 0 Å². The molecule has 0 bridgehead atoms. The lowest BCUT2D eigenvalue weighted by Crippen LogP contribution is -2.25. The fourth-order valence-corrected chi connectivity index (χ4v) is 2.78. The van der Waals surface area contributed by atoms with Gasteiger partial charge in [-0.2, -0.15) is 0 Å². The van der Waals surface area contributed by atoms with Crippen LogP contribution >= 0.6 is 15.9 Å². The van der Waals surface area contributed by atoms with Crippen LogP contribution in [0.4, 0.5) is 0 Å². The van der Waals surface area contributed by atoms with Crippen LogP contribution in [0, 0.1) is 6.92 Å². The van der Waals surface area contributed by atoms with Crippen molar-refractivity contribution in [3.05, 3.63) is 52.0 Å². The van der Waals surface area contributed by atoms with Crippen LogP contribution < -0.4 is 5.32 Å². The van der Waals surface area contributed by atoms with Crippen molar-refractivity contribution in [3.63, 3.8) is 0 Å². The number of nitrogens with one attached hydrogen (secondary N) is 1. The number of halogens is 1. The van der Waals surface area contributed by atoms with E-state index in [0.717, 1.165) is 23.4 Å². The van der Waals surface area contributed by atoms with Gasteiger partial charge in [-0.3, -0.25) is 0 Å². The van der Waals surface area contributed by atoms with Gasteiger partial charge in [0.25, 0.3) is 0 Å². The Balaban J connectivity index is 2.48. The summed E-state index contributed by atoms with van der Waals surface area (Å²) in [4.78, 5) is 4.53. The van der Waals surface area contributed by atoms with Gasteiger partial charge in [0.1, 0.15) is 5.82 Å². The summed E-state index contributed by atoms with van der Waals surface area (Å²) in [6, 6.07) is 6.48. The van der Waals surface area contributed by atoms with Crippen molar-refractivity contribution >= 4 is 15.9 Å². The van der Waals surface area contributed by atoms with Crippen molar-refractivity contribution in [2.45, 2.75) is 33.4 Å². The predicted octanol–water partition coefficient (Wildman–Crippen LogP) is 3.67. The molecule has 102 valence electrons. The molecule has 1 unspecified atom stereocenters. The maximum absolute atomic E-state index is 4.53. The molecule has 0 spiro atoms. The molecule has 2 aromatic rings. The lowest BCUT2D eigenvalue weighted by atomic mass is 10.0. The Morgan fingerprint density at radius 1 is 1.37 bits per heavy atom. The molecule has 2 rings (SSSR count). The fraction of sp³-hybridized carbons (Fsp3) is 0.400. The van der Waals surface area contributed by atoms with Crippen molar-refractivity contribution in [1.29, 1.82) is 0 Å². The van der Waals surface area contributed by atoms with E-state index in [0.29, 0.717) is 0 Å². The van der Waals surface area contributed by atoms with Crippen LogP contribution in [0.3, 0.4) is 0 Å². The largest absolute Gasteiger partial charge is 0.334 e. The van der Waals surface area contributed by atoms with Crippen LogP contribution in [-0.2, 0) is 6.54 Å². The van der Waals surface area contributed by atoms with Gasteiger partial charge in [0.05, 0.1) is 6.04 Å². The molecule has 1 aromatic carbocycles. The topological polar surface area (TPSA) is 29.9 Å². The van der Waals surface area contributed by atoms with E-state index in [1.54, 1.807) is 0 Å². The van der Waals surface area contributed by atoms with E-state index in [9.17, 15) is 0 Å². The van der Waals surface area contributed by atoms with Crippen molar-refractivity contribution in [2.75, 3.05) is 6.54 Å². The summed E-state index contributed by atoms with van der Waals surface area (Å²) in [5.41, 5.74) is 2.48. The second-order valence-electron chi connectivity index (χ2n) is 4.54. The number of hydrogen-bond acceptors (Lipinski definition) is 2. The molecule has 4 heteroatoms. The van der Waals surface area contributed by atoms with Gasteiger partial charge in [0.2, 0.25) is 0 Å². The van der Waals surface area contributed by atoms with Crippen LogP contribution in [0.15, 0.2) is 35.1 Å². The minimum Gasteiger partial charge on any atom is -0.334 e. The molecule has 1 heterocycles. The summed E-state index contributed by atoms with van der Waals surface area (Å²) in [5, 5.41) is 3.53. The molecule has 1 N–H and O–H groups in total. The van der Waals surface area contributed by atoms with Crippen LogP contribution in [0.1, 0.15) is 36.8 Å². The molecule has 0 aliphatic rings. The van der Waals surface area contributed by atoms with Crippen LogP contribution in [-0.4, -0.2) is 16.1 Å². The van der Waals surface area contributed by atoms with Crippen LogP contribution in [0.25, 0.3) is 0 Å². The first-order valence-electron chi connectivity index (χ1n) is 6.68. The van der Waals surface area contributed by atoms with E-state index in [-0.39, 0.29) is 6.04 Å². The molecule has 0 saturated carbocycles. The minimum absolute atomic E-state index is 0.120. The van der Waals surface area contributed by atoms with E-state index in [4.69, 9.17) is 0 Å². The maximum atomic E-state index is 4.53. The summed E-state index contributed by atoms with van der Waals surface area (Å²) in [5.74, 6) is 1.07. The standard InChI is InChI=1S/C15H20BrN3/c1-4-17-14(15-18-9-10-19(15)5-2)12-8-6-7-11(3)13(12)16/h6-10,14,17H,4-5H2,1-3H3. The summed E-state index contributed by atoms with van der Waals surface area (Å²) in [6.07, 6.45) is 3.90. The first-order chi connectivity index (χ1) is 9.19. The Hall–Kier alpha value is -1.13. The average molecular weight is 322 g/mol. The first-order valence-corrected chi connectivity index (χ1v) is 7.47. The number of hydrogen-bond donors (Lipinski definition) is 1. The lowest BCUT2D eigenvalue weighted by molar-refractivity contribution is 0.557. The van der Waals surface area contributed by atoms with Gasteiger partial charge in [0.15, 0.2) is 0 Å². The molecule has 19 heavy (non-hydrogen) atoms. The van der Waals surface area contributed by atoms with Crippen molar-refractivity contribution in [2.24, 2.45) is 0 Å². The molecule has 3 nitrogen and oxygen atoms in total. The number of nitrogens with zero attached hydrogens (tertiary/aromatic N) is 2. The highest BCUT2D eigenvalue weighted by Gasteiger charge is 2.20. The number of aromatic nitrogens is 2. The van der Waals surface area contributed by atoms with Gasteiger partial charge < -0.3 is 9.88 Å². The van der Waals surface area contributed by atoms with E-state index >= 15 is 0 Å². The number of benzene rings is 1. The number of imidazole rings is 1. The molecule has 0 amide bonds. The first kappa shape index (κ1) is 14.3.